The van der Waals surface area contributed by atoms with Crippen molar-refractivity contribution in [2.75, 3.05) is 0 Å². The van der Waals surface area contributed by atoms with Crippen molar-refractivity contribution in [3.8, 4) is 55.8 Å². The molecule has 0 N–H and O–H groups in total. The Labute approximate surface area is 327 Å². The summed E-state index contributed by atoms with van der Waals surface area (Å²) in [5, 5.41) is 4.09. The van der Waals surface area contributed by atoms with Crippen LogP contribution in [0.5, 0.6) is 0 Å². The van der Waals surface area contributed by atoms with E-state index in [1.807, 2.05) is 0 Å². The highest BCUT2D eigenvalue weighted by atomic mass is 28.3. The molecule has 55 heavy (non-hydrogen) atoms. The highest BCUT2D eigenvalue weighted by Crippen LogP contribution is 2.34. The minimum absolute atomic E-state index is 0.779. The second kappa shape index (κ2) is 14.7. The lowest BCUT2D eigenvalue weighted by Crippen LogP contribution is -2.64. The zero-order valence-electron chi connectivity index (χ0n) is 32.9. The van der Waals surface area contributed by atoms with Gasteiger partial charge in [0.1, 0.15) is 8.07 Å². The van der Waals surface area contributed by atoms with E-state index in [1.54, 1.807) is 6.20 Å². The molecular weight excluding hydrogens is 683 g/mol. The zero-order chi connectivity index (χ0) is 38.3. The molecule has 0 saturated carbocycles. The van der Waals surface area contributed by atoms with E-state index >= 15 is 0 Å². The molecule has 1 aromatic heterocycles. The number of oxazole rings is 1. The Morgan fingerprint density at radius 2 is 0.673 bits per heavy atom. The summed E-state index contributed by atoms with van der Waals surface area (Å²) in [7, 11) is -2.44. The molecule has 0 unspecified atom stereocenters. The van der Waals surface area contributed by atoms with Crippen molar-refractivity contribution >= 4 is 23.6 Å². The van der Waals surface area contributed by atoms with Gasteiger partial charge in [0.05, 0.1) is 6.20 Å². The molecule has 0 fully saturated rings. The van der Waals surface area contributed by atoms with Crippen LogP contribution in [0.2, 0.25) is 6.55 Å². The Balaban J connectivity index is 1.16. The lowest BCUT2D eigenvalue weighted by atomic mass is 9.92. The number of hydrogen-bond donors (Lipinski definition) is 0. The van der Waals surface area contributed by atoms with Crippen molar-refractivity contribution in [2.24, 2.45) is 0 Å². The number of nitrogens with zero attached hydrogens (tertiary/aromatic N) is 1. The van der Waals surface area contributed by atoms with E-state index in [-0.39, 0.29) is 0 Å². The minimum Gasteiger partial charge on any atom is -0.444 e. The third-order valence-corrected chi connectivity index (χ3v) is 16.1. The lowest BCUT2D eigenvalue weighted by Gasteiger charge is -2.30. The number of hydrogen-bond acceptors (Lipinski definition) is 2. The lowest BCUT2D eigenvalue weighted by molar-refractivity contribution is 0.572. The molecule has 7 aromatic carbocycles. The van der Waals surface area contributed by atoms with Crippen LogP contribution in [0.15, 0.2) is 163 Å². The van der Waals surface area contributed by atoms with Gasteiger partial charge in [-0.25, -0.2) is 4.98 Å². The van der Waals surface area contributed by atoms with E-state index in [2.05, 4.69) is 199 Å². The molecule has 2 nitrogen and oxygen atoms in total. The third kappa shape index (κ3) is 6.93. The van der Waals surface area contributed by atoms with Gasteiger partial charge in [-0.05, 0) is 124 Å². The van der Waals surface area contributed by atoms with Crippen molar-refractivity contribution in [3.63, 3.8) is 0 Å². The molecule has 8 aromatic rings. The maximum atomic E-state index is 5.64. The molecule has 8 rings (SSSR count). The Hall–Kier alpha value is -6.03. The van der Waals surface area contributed by atoms with Crippen LogP contribution < -0.4 is 15.6 Å². The van der Waals surface area contributed by atoms with Gasteiger partial charge in [-0.1, -0.05) is 163 Å². The fraction of sp³-hybridized carbons (Fsp3) is 0.135. The molecule has 1 heterocycles. The summed E-state index contributed by atoms with van der Waals surface area (Å²) in [5.74, 6) is 0.779. The summed E-state index contributed by atoms with van der Waals surface area (Å²) in [4.78, 5) is 4.14. The second-order valence-corrected chi connectivity index (χ2v) is 19.4. The smallest absolute Gasteiger partial charge is 0.181 e. The van der Waals surface area contributed by atoms with Crippen LogP contribution in [0.4, 0.5) is 0 Å². The average Bonchev–Trinajstić information content (AvgIpc) is 3.76. The summed E-state index contributed by atoms with van der Waals surface area (Å²) in [6, 6.07) is 54.8. The van der Waals surface area contributed by atoms with E-state index in [4.69, 9.17) is 4.42 Å². The predicted molar refractivity (Wildman–Crippen MR) is 236 cm³/mol. The van der Waals surface area contributed by atoms with Crippen molar-refractivity contribution in [2.45, 2.75) is 48.1 Å². The van der Waals surface area contributed by atoms with E-state index in [1.165, 1.54) is 99.8 Å². The standard InChI is InChI=1S/C52H47NOSi/c1-34-8-12-40(13-9-34)48-28-38(5)50(30-36(48)3)42-16-22-45(23-17-42)55(7,47-26-20-44(21-27-47)52-32-53-33-54-52)46-24-18-43(19-25-46)51-31-37(4)49(29-39(51)6)41-14-10-35(2)11-15-41/h8-33H,1-7H3. The molecule has 3 heteroatoms. The van der Waals surface area contributed by atoms with Gasteiger partial charge < -0.3 is 4.42 Å². The fourth-order valence-corrected chi connectivity index (χ4v) is 11.6. The van der Waals surface area contributed by atoms with Crippen LogP contribution in [0.1, 0.15) is 33.4 Å². The SMILES string of the molecule is Cc1ccc(-c2cc(C)c(-c3ccc([Si](C)(c4ccc(-c5cnco5)cc4)c4ccc(-c5cc(C)c(-c6ccc(C)cc6)cc5C)cc4)cc3)cc2C)cc1. The van der Waals surface area contributed by atoms with Gasteiger partial charge in [0.2, 0.25) is 0 Å². The van der Waals surface area contributed by atoms with Crippen LogP contribution in [0.25, 0.3) is 55.8 Å². The van der Waals surface area contributed by atoms with Gasteiger partial charge in [-0.15, -0.1) is 0 Å². The van der Waals surface area contributed by atoms with Crippen molar-refractivity contribution < 1.29 is 4.42 Å². The maximum Gasteiger partial charge on any atom is 0.181 e. The van der Waals surface area contributed by atoms with Gasteiger partial charge in [0.15, 0.2) is 12.2 Å². The number of aromatic nitrogens is 1. The molecule has 0 amide bonds. The van der Waals surface area contributed by atoms with E-state index < -0.39 is 8.07 Å². The van der Waals surface area contributed by atoms with Gasteiger partial charge in [0.25, 0.3) is 0 Å². The van der Waals surface area contributed by atoms with E-state index in [9.17, 15) is 0 Å². The minimum atomic E-state index is -2.44. The van der Waals surface area contributed by atoms with Crippen LogP contribution in [0.3, 0.4) is 0 Å². The largest absolute Gasteiger partial charge is 0.444 e. The van der Waals surface area contributed by atoms with Crippen LogP contribution >= 0.6 is 0 Å². The highest BCUT2D eigenvalue weighted by Gasteiger charge is 2.34. The molecule has 0 saturated heterocycles. The molecule has 0 aliphatic rings. The number of benzene rings is 7. The van der Waals surface area contributed by atoms with Crippen molar-refractivity contribution in [1.82, 2.24) is 4.98 Å². The Bertz CT molecular complexity index is 2450. The summed E-state index contributed by atoms with van der Waals surface area (Å²) < 4.78 is 5.64. The molecule has 0 aliphatic carbocycles. The molecular formula is C52H47NOSi. The first-order chi connectivity index (χ1) is 26.6. The van der Waals surface area contributed by atoms with Gasteiger partial charge >= 0.3 is 0 Å². The topological polar surface area (TPSA) is 26.0 Å². The Kier molecular flexibility index (Phi) is 9.58. The van der Waals surface area contributed by atoms with Gasteiger partial charge in [-0.2, -0.15) is 0 Å². The van der Waals surface area contributed by atoms with Gasteiger partial charge in [-0.3, -0.25) is 0 Å². The zero-order valence-corrected chi connectivity index (χ0v) is 33.9. The number of rotatable bonds is 8. The van der Waals surface area contributed by atoms with Crippen molar-refractivity contribution in [1.29, 1.82) is 0 Å². The first-order valence-electron chi connectivity index (χ1n) is 19.2. The van der Waals surface area contributed by atoms with Gasteiger partial charge in [0, 0.05) is 5.56 Å². The predicted octanol–water partition coefficient (Wildman–Crippen LogP) is 12.0. The first-order valence-corrected chi connectivity index (χ1v) is 21.7. The Morgan fingerprint density at radius 3 is 0.964 bits per heavy atom. The Morgan fingerprint density at radius 1 is 0.382 bits per heavy atom. The summed E-state index contributed by atoms with van der Waals surface area (Å²) in [5.41, 5.74) is 18.9. The third-order valence-electron chi connectivity index (χ3n) is 11.6. The fourth-order valence-electron chi connectivity index (χ4n) is 8.14. The molecule has 0 spiro atoms. The summed E-state index contributed by atoms with van der Waals surface area (Å²) in [6.07, 6.45) is 3.26. The quantitative estimate of drug-likeness (QED) is 0.115. The van der Waals surface area contributed by atoms with Crippen LogP contribution in [-0.2, 0) is 0 Å². The monoisotopic (exact) mass is 729 g/mol. The average molecular weight is 730 g/mol. The molecule has 0 bridgehead atoms. The molecule has 270 valence electrons. The maximum absolute atomic E-state index is 5.64. The molecule has 0 aliphatic heterocycles. The second-order valence-electron chi connectivity index (χ2n) is 15.4. The first kappa shape index (κ1) is 36.0. The van der Waals surface area contributed by atoms with Crippen LogP contribution in [0, 0.1) is 41.5 Å². The summed E-state index contributed by atoms with van der Waals surface area (Å²) in [6.45, 7) is 15.7. The van der Waals surface area contributed by atoms with E-state index in [0.717, 1.165) is 11.3 Å². The summed E-state index contributed by atoms with van der Waals surface area (Å²) >= 11 is 0. The van der Waals surface area contributed by atoms with Crippen LogP contribution in [-0.4, -0.2) is 13.1 Å². The normalized spacial score (nSPS) is 11.5. The highest BCUT2D eigenvalue weighted by molar-refractivity contribution is 7.10. The number of aryl methyl sites for hydroxylation is 6. The van der Waals surface area contributed by atoms with E-state index in [0.29, 0.717) is 0 Å². The van der Waals surface area contributed by atoms with Crippen molar-refractivity contribution in [3.05, 3.63) is 192 Å². The molecule has 0 radical (unpaired) electrons. The molecule has 0 atom stereocenters.